The first-order valence-electron chi connectivity index (χ1n) is 6.67. The van der Waals surface area contributed by atoms with Crippen molar-refractivity contribution in [2.45, 2.75) is 43.5 Å². The van der Waals surface area contributed by atoms with E-state index < -0.39 is 9.84 Å². The average molecular weight is 281 g/mol. The van der Waals surface area contributed by atoms with Gasteiger partial charge in [0.05, 0.1) is 16.2 Å². The molecule has 1 aliphatic carbocycles. The van der Waals surface area contributed by atoms with E-state index in [4.69, 9.17) is 0 Å². The SMILES string of the molecule is CCS(=O)(=O)c1ccccc1C(=O)NC1CCCC1. The molecule has 0 saturated heterocycles. The lowest BCUT2D eigenvalue weighted by atomic mass is 10.2. The van der Waals surface area contributed by atoms with Gasteiger partial charge in [-0.1, -0.05) is 31.9 Å². The van der Waals surface area contributed by atoms with E-state index >= 15 is 0 Å². The lowest BCUT2D eigenvalue weighted by Crippen LogP contribution is -2.33. The number of amides is 1. The first-order valence-corrected chi connectivity index (χ1v) is 8.32. The minimum Gasteiger partial charge on any atom is -0.349 e. The minimum absolute atomic E-state index is 0.000716. The number of benzene rings is 1. The lowest BCUT2D eigenvalue weighted by molar-refractivity contribution is 0.0934. The molecule has 0 radical (unpaired) electrons. The summed E-state index contributed by atoms with van der Waals surface area (Å²) in [5.41, 5.74) is 0.260. The van der Waals surface area contributed by atoms with Gasteiger partial charge in [-0.15, -0.1) is 0 Å². The Bertz CT molecular complexity index is 560. The van der Waals surface area contributed by atoms with Gasteiger partial charge in [0.25, 0.3) is 5.91 Å². The molecule has 1 fully saturated rings. The number of carbonyl (C=O) groups is 1. The zero-order valence-electron chi connectivity index (χ0n) is 11.1. The zero-order chi connectivity index (χ0) is 13.9. The summed E-state index contributed by atoms with van der Waals surface area (Å²) in [7, 11) is -3.37. The van der Waals surface area contributed by atoms with Crippen molar-refractivity contribution in [3.63, 3.8) is 0 Å². The third-order valence-corrected chi connectivity index (χ3v) is 5.32. The maximum Gasteiger partial charge on any atom is 0.252 e. The third kappa shape index (κ3) is 3.15. The molecule has 0 unspecified atom stereocenters. The highest BCUT2D eigenvalue weighted by atomic mass is 32.2. The number of hydrogen-bond donors (Lipinski definition) is 1. The number of nitrogens with one attached hydrogen (secondary N) is 1. The largest absolute Gasteiger partial charge is 0.349 e. The summed E-state index contributed by atoms with van der Waals surface area (Å²) >= 11 is 0. The van der Waals surface area contributed by atoms with E-state index in [9.17, 15) is 13.2 Å². The molecule has 0 aliphatic heterocycles. The topological polar surface area (TPSA) is 63.2 Å². The summed E-state index contributed by atoms with van der Waals surface area (Å²) in [6, 6.07) is 6.60. The number of carbonyl (C=O) groups excluding carboxylic acids is 1. The van der Waals surface area contributed by atoms with Gasteiger partial charge < -0.3 is 5.32 Å². The molecule has 2 rings (SSSR count). The molecule has 104 valence electrons. The van der Waals surface area contributed by atoms with Crippen molar-refractivity contribution in [2.75, 3.05) is 5.75 Å². The third-order valence-electron chi connectivity index (χ3n) is 3.54. The van der Waals surface area contributed by atoms with Crippen LogP contribution in [-0.2, 0) is 9.84 Å². The highest BCUT2D eigenvalue weighted by Crippen LogP contribution is 2.20. The van der Waals surface area contributed by atoms with Gasteiger partial charge in [0.15, 0.2) is 9.84 Å². The van der Waals surface area contributed by atoms with Gasteiger partial charge in [-0.2, -0.15) is 0 Å². The summed E-state index contributed by atoms with van der Waals surface area (Å²) in [6.45, 7) is 1.58. The number of rotatable bonds is 4. The molecule has 1 aromatic rings. The highest BCUT2D eigenvalue weighted by Gasteiger charge is 2.23. The van der Waals surface area contributed by atoms with E-state index in [1.807, 2.05) is 0 Å². The molecule has 1 N–H and O–H groups in total. The first-order chi connectivity index (χ1) is 9.04. The molecule has 0 atom stereocenters. The van der Waals surface area contributed by atoms with E-state index in [0.29, 0.717) is 0 Å². The van der Waals surface area contributed by atoms with Crippen LogP contribution < -0.4 is 5.32 Å². The van der Waals surface area contributed by atoms with Crippen molar-refractivity contribution in [3.05, 3.63) is 29.8 Å². The first kappa shape index (κ1) is 14.1. The van der Waals surface area contributed by atoms with Crippen LogP contribution in [0.4, 0.5) is 0 Å². The Labute approximate surface area is 114 Å². The molecule has 1 saturated carbocycles. The predicted molar refractivity (Wildman–Crippen MR) is 73.9 cm³/mol. The molecule has 1 amide bonds. The van der Waals surface area contributed by atoms with Crippen LogP contribution in [-0.4, -0.2) is 26.1 Å². The predicted octanol–water partition coefficient (Wildman–Crippen LogP) is 2.15. The van der Waals surface area contributed by atoms with Crippen molar-refractivity contribution in [2.24, 2.45) is 0 Å². The molecular weight excluding hydrogens is 262 g/mol. The molecule has 1 aliphatic rings. The van der Waals surface area contributed by atoms with E-state index in [1.54, 1.807) is 25.1 Å². The fraction of sp³-hybridized carbons (Fsp3) is 0.500. The summed E-state index contributed by atoms with van der Waals surface area (Å²) in [6.07, 6.45) is 4.21. The van der Waals surface area contributed by atoms with Gasteiger partial charge in [0, 0.05) is 6.04 Å². The van der Waals surface area contributed by atoms with Crippen LogP contribution in [0.2, 0.25) is 0 Å². The average Bonchev–Trinajstić information content (AvgIpc) is 2.91. The normalized spacial score (nSPS) is 16.5. The molecule has 19 heavy (non-hydrogen) atoms. The van der Waals surface area contributed by atoms with Gasteiger partial charge >= 0.3 is 0 Å². The van der Waals surface area contributed by atoms with Crippen LogP contribution in [0.5, 0.6) is 0 Å². The Kier molecular flexibility index (Phi) is 4.24. The van der Waals surface area contributed by atoms with Gasteiger partial charge in [0.2, 0.25) is 0 Å². The Balaban J connectivity index is 2.26. The van der Waals surface area contributed by atoms with Crippen LogP contribution in [0, 0.1) is 0 Å². The monoisotopic (exact) mass is 281 g/mol. The fourth-order valence-corrected chi connectivity index (χ4v) is 3.51. The Morgan fingerprint density at radius 2 is 1.89 bits per heavy atom. The van der Waals surface area contributed by atoms with Crippen molar-refractivity contribution < 1.29 is 13.2 Å². The smallest absolute Gasteiger partial charge is 0.252 e. The maximum atomic E-state index is 12.2. The summed E-state index contributed by atoms with van der Waals surface area (Å²) in [4.78, 5) is 12.3. The van der Waals surface area contributed by atoms with E-state index in [2.05, 4.69) is 5.32 Å². The zero-order valence-corrected chi connectivity index (χ0v) is 11.9. The summed E-state index contributed by atoms with van der Waals surface area (Å²) < 4.78 is 24.0. The quantitative estimate of drug-likeness (QED) is 0.919. The van der Waals surface area contributed by atoms with Crippen LogP contribution >= 0.6 is 0 Å². The second-order valence-electron chi connectivity index (χ2n) is 4.85. The number of sulfone groups is 1. The molecule has 5 heteroatoms. The second-order valence-corrected chi connectivity index (χ2v) is 7.10. The molecule has 0 bridgehead atoms. The molecular formula is C14H19NO3S. The molecule has 0 spiro atoms. The van der Waals surface area contributed by atoms with Gasteiger partial charge in [0.1, 0.15) is 0 Å². The second kappa shape index (κ2) is 5.74. The van der Waals surface area contributed by atoms with Gasteiger partial charge in [-0.05, 0) is 25.0 Å². The minimum atomic E-state index is -3.37. The van der Waals surface area contributed by atoms with E-state index in [-0.39, 0.29) is 28.2 Å². The van der Waals surface area contributed by atoms with Crippen LogP contribution in [0.3, 0.4) is 0 Å². The molecule has 0 aromatic heterocycles. The molecule has 1 aromatic carbocycles. The van der Waals surface area contributed by atoms with Crippen molar-refractivity contribution in [1.82, 2.24) is 5.32 Å². The molecule has 4 nitrogen and oxygen atoms in total. The van der Waals surface area contributed by atoms with E-state index in [1.165, 1.54) is 6.07 Å². The Morgan fingerprint density at radius 3 is 2.53 bits per heavy atom. The van der Waals surface area contributed by atoms with Crippen LogP contribution in [0.15, 0.2) is 29.2 Å². The van der Waals surface area contributed by atoms with Gasteiger partial charge in [-0.3, -0.25) is 4.79 Å². The Hall–Kier alpha value is -1.36. The summed E-state index contributed by atoms with van der Waals surface area (Å²) in [5, 5.41) is 2.93. The molecule has 0 heterocycles. The highest BCUT2D eigenvalue weighted by molar-refractivity contribution is 7.91. The Morgan fingerprint density at radius 1 is 1.26 bits per heavy atom. The van der Waals surface area contributed by atoms with Crippen LogP contribution in [0.25, 0.3) is 0 Å². The van der Waals surface area contributed by atoms with Crippen LogP contribution in [0.1, 0.15) is 43.0 Å². The summed E-state index contributed by atoms with van der Waals surface area (Å²) in [5.74, 6) is -0.278. The van der Waals surface area contributed by atoms with Crippen molar-refractivity contribution >= 4 is 15.7 Å². The number of hydrogen-bond acceptors (Lipinski definition) is 3. The fourth-order valence-electron chi connectivity index (χ4n) is 2.41. The maximum absolute atomic E-state index is 12.2. The standard InChI is InChI=1S/C14H19NO3S/c1-2-19(17,18)13-10-6-5-9-12(13)14(16)15-11-7-3-4-8-11/h5-6,9-11H,2-4,7-8H2,1H3,(H,15,16). The van der Waals surface area contributed by atoms with Gasteiger partial charge in [-0.25, -0.2) is 8.42 Å². The van der Waals surface area contributed by atoms with Crippen molar-refractivity contribution in [3.8, 4) is 0 Å². The van der Waals surface area contributed by atoms with Crippen molar-refractivity contribution in [1.29, 1.82) is 0 Å². The van der Waals surface area contributed by atoms with E-state index in [0.717, 1.165) is 25.7 Å². The lowest BCUT2D eigenvalue weighted by Gasteiger charge is -2.14.